The standard InChI is InChI=1S/C25H24N2O3/c28-24(27-22-15-8-10-18-9-4-5-13-20(18)22)17-30-23-16-7-6-14-21(23)25(29)26-19-11-2-1-3-12-19/h1-7,9,11-14,16,22H,8,10,15,17H2,(H,26,29)(H,27,28)/t22-/m0/s1. The molecule has 5 nitrogen and oxygen atoms in total. The average Bonchev–Trinajstić information content (AvgIpc) is 2.79. The summed E-state index contributed by atoms with van der Waals surface area (Å²) in [4.78, 5) is 25.2. The van der Waals surface area contributed by atoms with Gasteiger partial charge >= 0.3 is 0 Å². The molecule has 0 aliphatic heterocycles. The number of para-hydroxylation sites is 2. The fraction of sp³-hybridized carbons (Fsp3) is 0.200. The Morgan fingerprint density at radius 3 is 2.50 bits per heavy atom. The van der Waals surface area contributed by atoms with Crippen molar-refractivity contribution in [3.8, 4) is 5.75 Å². The van der Waals surface area contributed by atoms with E-state index in [4.69, 9.17) is 4.74 Å². The molecule has 1 atom stereocenters. The third-order valence-corrected chi connectivity index (χ3v) is 5.23. The van der Waals surface area contributed by atoms with Crippen LogP contribution in [0.25, 0.3) is 0 Å². The molecule has 0 fully saturated rings. The predicted octanol–water partition coefficient (Wildman–Crippen LogP) is 4.51. The van der Waals surface area contributed by atoms with Crippen LogP contribution in [-0.2, 0) is 11.2 Å². The van der Waals surface area contributed by atoms with Crippen LogP contribution in [0.5, 0.6) is 5.75 Å². The Kier molecular flexibility index (Phi) is 6.09. The van der Waals surface area contributed by atoms with Crippen molar-refractivity contribution in [3.63, 3.8) is 0 Å². The first-order chi connectivity index (χ1) is 14.7. The second-order valence-corrected chi connectivity index (χ2v) is 7.32. The molecule has 0 unspecified atom stereocenters. The van der Waals surface area contributed by atoms with Crippen LogP contribution >= 0.6 is 0 Å². The number of rotatable bonds is 6. The minimum atomic E-state index is -0.279. The van der Waals surface area contributed by atoms with Crippen molar-refractivity contribution in [1.82, 2.24) is 5.32 Å². The monoisotopic (exact) mass is 400 g/mol. The minimum absolute atomic E-state index is 0.00248. The highest BCUT2D eigenvalue weighted by atomic mass is 16.5. The molecular weight excluding hydrogens is 376 g/mol. The van der Waals surface area contributed by atoms with Crippen LogP contribution in [-0.4, -0.2) is 18.4 Å². The number of fused-ring (bicyclic) bond motifs is 1. The number of nitrogens with one attached hydrogen (secondary N) is 2. The van der Waals surface area contributed by atoms with Crippen molar-refractivity contribution >= 4 is 17.5 Å². The minimum Gasteiger partial charge on any atom is -0.483 e. The number of benzene rings is 3. The lowest BCUT2D eigenvalue weighted by molar-refractivity contribution is -0.124. The number of carbonyl (C=O) groups is 2. The lowest BCUT2D eigenvalue weighted by Gasteiger charge is -2.26. The Bertz CT molecular complexity index is 1030. The van der Waals surface area contributed by atoms with Gasteiger partial charge in [0, 0.05) is 5.69 Å². The zero-order valence-corrected chi connectivity index (χ0v) is 16.6. The summed E-state index contributed by atoms with van der Waals surface area (Å²) in [5.41, 5.74) is 3.56. The number of hydrogen-bond acceptors (Lipinski definition) is 3. The van der Waals surface area contributed by atoms with Crippen molar-refractivity contribution in [3.05, 3.63) is 95.6 Å². The normalized spacial score (nSPS) is 15.0. The molecule has 3 aromatic carbocycles. The maximum Gasteiger partial charge on any atom is 0.259 e. The van der Waals surface area contributed by atoms with Crippen LogP contribution in [0.2, 0.25) is 0 Å². The molecule has 0 saturated carbocycles. The van der Waals surface area contributed by atoms with Gasteiger partial charge in [-0.05, 0) is 54.7 Å². The van der Waals surface area contributed by atoms with Crippen LogP contribution < -0.4 is 15.4 Å². The first-order valence-electron chi connectivity index (χ1n) is 10.2. The summed E-state index contributed by atoms with van der Waals surface area (Å²) < 4.78 is 5.71. The van der Waals surface area contributed by atoms with Gasteiger partial charge in [0.1, 0.15) is 5.75 Å². The van der Waals surface area contributed by atoms with Gasteiger partial charge in [0.15, 0.2) is 6.61 Å². The highest BCUT2D eigenvalue weighted by Gasteiger charge is 2.22. The van der Waals surface area contributed by atoms with E-state index >= 15 is 0 Å². The molecule has 152 valence electrons. The summed E-state index contributed by atoms with van der Waals surface area (Å²) in [5, 5.41) is 5.91. The molecule has 4 rings (SSSR count). The van der Waals surface area contributed by atoms with Crippen LogP contribution in [0.15, 0.2) is 78.9 Å². The Balaban J connectivity index is 1.39. The molecule has 0 radical (unpaired) electrons. The molecule has 5 heteroatoms. The van der Waals surface area contributed by atoms with Crippen LogP contribution in [0.1, 0.15) is 40.4 Å². The van der Waals surface area contributed by atoms with E-state index in [1.54, 1.807) is 24.3 Å². The molecule has 2 amide bonds. The van der Waals surface area contributed by atoms with Gasteiger partial charge in [0.2, 0.25) is 0 Å². The zero-order chi connectivity index (χ0) is 20.8. The second-order valence-electron chi connectivity index (χ2n) is 7.32. The smallest absolute Gasteiger partial charge is 0.259 e. The number of hydrogen-bond donors (Lipinski definition) is 2. The van der Waals surface area contributed by atoms with E-state index in [0.29, 0.717) is 17.0 Å². The van der Waals surface area contributed by atoms with Gasteiger partial charge in [-0.25, -0.2) is 0 Å². The Morgan fingerprint density at radius 2 is 1.63 bits per heavy atom. The summed E-state index contributed by atoms with van der Waals surface area (Å²) in [6.45, 7) is -0.145. The molecule has 0 saturated heterocycles. The van der Waals surface area contributed by atoms with E-state index in [2.05, 4.69) is 22.8 Å². The van der Waals surface area contributed by atoms with Crippen LogP contribution in [0.4, 0.5) is 5.69 Å². The number of anilines is 1. The highest BCUT2D eigenvalue weighted by Crippen LogP contribution is 2.29. The summed E-state index contributed by atoms with van der Waals surface area (Å²) >= 11 is 0. The third kappa shape index (κ3) is 4.69. The zero-order valence-electron chi connectivity index (χ0n) is 16.6. The van der Waals surface area contributed by atoms with E-state index in [1.807, 2.05) is 42.5 Å². The van der Waals surface area contributed by atoms with Crippen LogP contribution in [0.3, 0.4) is 0 Å². The van der Waals surface area contributed by atoms with Crippen molar-refractivity contribution in [2.45, 2.75) is 25.3 Å². The molecule has 3 aromatic rings. The van der Waals surface area contributed by atoms with Crippen molar-refractivity contribution in [2.75, 3.05) is 11.9 Å². The third-order valence-electron chi connectivity index (χ3n) is 5.23. The topological polar surface area (TPSA) is 67.4 Å². The van der Waals surface area contributed by atoms with Gasteiger partial charge in [-0.3, -0.25) is 9.59 Å². The highest BCUT2D eigenvalue weighted by molar-refractivity contribution is 6.06. The number of ether oxygens (including phenoxy) is 1. The summed E-state index contributed by atoms with van der Waals surface area (Å²) in [7, 11) is 0. The van der Waals surface area contributed by atoms with Crippen molar-refractivity contribution < 1.29 is 14.3 Å². The molecule has 2 N–H and O–H groups in total. The van der Waals surface area contributed by atoms with E-state index in [9.17, 15) is 9.59 Å². The van der Waals surface area contributed by atoms with Gasteiger partial charge < -0.3 is 15.4 Å². The summed E-state index contributed by atoms with van der Waals surface area (Å²) in [6, 6.07) is 24.4. The molecular formula is C25H24N2O3. The number of aryl methyl sites for hydroxylation is 1. The molecule has 0 bridgehead atoms. The van der Waals surface area contributed by atoms with Gasteiger partial charge in [-0.15, -0.1) is 0 Å². The first-order valence-corrected chi connectivity index (χ1v) is 10.2. The van der Waals surface area contributed by atoms with Gasteiger partial charge in [-0.1, -0.05) is 54.6 Å². The fourth-order valence-corrected chi connectivity index (χ4v) is 3.78. The lowest BCUT2D eigenvalue weighted by Crippen LogP contribution is -2.34. The predicted molar refractivity (Wildman–Crippen MR) is 117 cm³/mol. The van der Waals surface area contributed by atoms with Gasteiger partial charge in [0.05, 0.1) is 11.6 Å². The molecule has 1 aliphatic rings. The Labute approximate surface area is 176 Å². The molecule has 0 aromatic heterocycles. The maximum atomic E-state index is 12.6. The van der Waals surface area contributed by atoms with E-state index < -0.39 is 0 Å². The van der Waals surface area contributed by atoms with Crippen molar-refractivity contribution in [2.24, 2.45) is 0 Å². The molecule has 0 heterocycles. The molecule has 30 heavy (non-hydrogen) atoms. The number of amides is 2. The average molecular weight is 400 g/mol. The number of carbonyl (C=O) groups excluding carboxylic acids is 2. The summed E-state index contributed by atoms with van der Waals surface area (Å²) in [6.07, 6.45) is 3.01. The SMILES string of the molecule is O=C(COc1ccccc1C(=O)Nc1ccccc1)N[C@H]1CCCc2ccccc21. The summed E-state index contributed by atoms with van der Waals surface area (Å²) in [5.74, 6) is -0.0986. The van der Waals surface area contributed by atoms with E-state index in [-0.39, 0.29) is 24.5 Å². The maximum absolute atomic E-state index is 12.6. The Morgan fingerprint density at radius 1 is 0.900 bits per heavy atom. The fourth-order valence-electron chi connectivity index (χ4n) is 3.78. The van der Waals surface area contributed by atoms with Gasteiger partial charge in [0.25, 0.3) is 11.8 Å². The van der Waals surface area contributed by atoms with E-state index in [1.165, 1.54) is 11.1 Å². The quantitative estimate of drug-likeness (QED) is 0.640. The van der Waals surface area contributed by atoms with Gasteiger partial charge in [-0.2, -0.15) is 0 Å². The Hall–Kier alpha value is -3.60. The first kappa shape index (κ1) is 19.7. The second kappa shape index (κ2) is 9.27. The van der Waals surface area contributed by atoms with Crippen LogP contribution in [0, 0.1) is 0 Å². The van der Waals surface area contributed by atoms with E-state index in [0.717, 1.165) is 19.3 Å². The van der Waals surface area contributed by atoms with Crippen molar-refractivity contribution in [1.29, 1.82) is 0 Å². The lowest BCUT2D eigenvalue weighted by atomic mass is 9.88. The molecule has 0 spiro atoms. The largest absolute Gasteiger partial charge is 0.483 e. The molecule has 1 aliphatic carbocycles.